The predicted molar refractivity (Wildman–Crippen MR) is 122 cm³/mol. The summed E-state index contributed by atoms with van der Waals surface area (Å²) in [6, 6.07) is 16.4. The van der Waals surface area contributed by atoms with E-state index in [1.54, 1.807) is 24.3 Å². The van der Waals surface area contributed by atoms with E-state index >= 15 is 0 Å². The highest BCUT2D eigenvalue weighted by Crippen LogP contribution is 2.35. The van der Waals surface area contributed by atoms with Gasteiger partial charge < -0.3 is 5.32 Å². The molecule has 0 radical (unpaired) electrons. The maximum Gasteiger partial charge on any atom is 0.282 e. The van der Waals surface area contributed by atoms with Crippen LogP contribution in [-0.4, -0.2) is 11.8 Å². The molecule has 2 amide bonds. The lowest BCUT2D eigenvalue weighted by Gasteiger charge is -2.16. The van der Waals surface area contributed by atoms with Gasteiger partial charge >= 0.3 is 0 Å². The van der Waals surface area contributed by atoms with Crippen molar-refractivity contribution in [2.24, 2.45) is 0 Å². The van der Waals surface area contributed by atoms with Crippen molar-refractivity contribution in [3.63, 3.8) is 0 Å². The highest BCUT2D eigenvalue weighted by molar-refractivity contribution is 6.46. The largest absolute Gasteiger partial charge is 0.350 e. The van der Waals surface area contributed by atoms with Gasteiger partial charge in [-0.1, -0.05) is 41.9 Å². The number of anilines is 2. The van der Waals surface area contributed by atoms with Crippen LogP contribution in [-0.2, 0) is 9.59 Å². The van der Waals surface area contributed by atoms with Crippen LogP contribution in [0.15, 0.2) is 66.4 Å². The number of amides is 2. The van der Waals surface area contributed by atoms with E-state index in [2.05, 4.69) is 5.32 Å². The first-order valence-electron chi connectivity index (χ1n) is 9.75. The molecule has 4 nitrogen and oxygen atoms in total. The SMILES string of the molecule is Cc1ccc(C2=C(Nc3cccc(F)c3)C(=O)N(c3ccc(C)c(Cl)c3)C2=O)cc1C. The molecule has 0 aromatic heterocycles. The number of imide groups is 1. The standard InChI is InChI=1S/C25H20ClFN2O2/c1-14-7-9-17(11-16(14)3)22-23(28-19-6-4-5-18(27)12-19)25(31)29(24(22)30)20-10-8-15(2)21(26)13-20/h4-13,28H,1-3H3. The summed E-state index contributed by atoms with van der Waals surface area (Å²) in [6.07, 6.45) is 0. The number of aryl methyl sites for hydroxylation is 3. The molecule has 1 N–H and O–H groups in total. The molecule has 0 aliphatic carbocycles. The van der Waals surface area contributed by atoms with Crippen molar-refractivity contribution < 1.29 is 14.0 Å². The van der Waals surface area contributed by atoms with Gasteiger partial charge in [0, 0.05) is 10.7 Å². The third kappa shape index (κ3) is 3.84. The molecule has 1 heterocycles. The highest BCUT2D eigenvalue weighted by Gasteiger charge is 2.40. The summed E-state index contributed by atoms with van der Waals surface area (Å²) in [5, 5.41) is 3.42. The van der Waals surface area contributed by atoms with Crippen molar-refractivity contribution in [2.45, 2.75) is 20.8 Å². The number of rotatable bonds is 4. The Bertz CT molecular complexity index is 1270. The summed E-state index contributed by atoms with van der Waals surface area (Å²) in [7, 11) is 0. The molecule has 0 fully saturated rings. The van der Waals surface area contributed by atoms with E-state index in [1.165, 1.54) is 18.2 Å². The fourth-order valence-corrected chi connectivity index (χ4v) is 3.65. The van der Waals surface area contributed by atoms with Gasteiger partial charge in [-0.3, -0.25) is 9.59 Å². The summed E-state index contributed by atoms with van der Waals surface area (Å²) >= 11 is 6.24. The molecule has 0 spiro atoms. The maximum atomic E-state index is 13.7. The summed E-state index contributed by atoms with van der Waals surface area (Å²) < 4.78 is 13.7. The van der Waals surface area contributed by atoms with Crippen molar-refractivity contribution in [1.82, 2.24) is 0 Å². The highest BCUT2D eigenvalue weighted by atomic mass is 35.5. The number of halogens is 2. The number of nitrogens with one attached hydrogen (secondary N) is 1. The lowest BCUT2D eigenvalue weighted by Crippen LogP contribution is -2.32. The number of hydrogen-bond acceptors (Lipinski definition) is 3. The minimum atomic E-state index is -0.526. The molecule has 0 bridgehead atoms. The van der Waals surface area contributed by atoms with Crippen LogP contribution < -0.4 is 10.2 Å². The Kier molecular flexibility index (Phi) is 5.38. The minimum Gasteiger partial charge on any atom is -0.350 e. The Hall–Kier alpha value is -3.44. The van der Waals surface area contributed by atoms with Gasteiger partial charge in [0.1, 0.15) is 11.5 Å². The van der Waals surface area contributed by atoms with Crippen LogP contribution in [0.2, 0.25) is 5.02 Å². The van der Waals surface area contributed by atoms with Crippen molar-refractivity contribution >= 4 is 40.4 Å². The molecule has 0 atom stereocenters. The predicted octanol–water partition coefficient (Wildman–Crippen LogP) is 5.80. The second kappa shape index (κ2) is 8.00. The van der Waals surface area contributed by atoms with Crippen LogP contribution in [0.25, 0.3) is 5.57 Å². The average molecular weight is 435 g/mol. The van der Waals surface area contributed by atoms with E-state index in [4.69, 9.17) is 11.6 Å². The summed E-state index contributed by atoms with van der Waals surface area (Å²) in [5.41, 5.74) is 4.59. The molecule has 6 heteroatoms. The molecule has 3 aromatic rings. The van der Waals surface area contributed by atoms with E-state index in [0.717, 1.165) is 21.6 Å². The van der Waals surface area contributed by atoms with Crippen molar-refractivity contribution in [1.29, 1.82) is 0 Å². The maximum absolute atomic E-state index is 13.7. The molecular weight excluding hydrogens is 415 g/mol. The molecule has 0 saturated heterocycles. The zero-order valence-corrected chi connectivity index (χ0v) is 18.0. The topological polar surface area (TPSA) is 49.4 Å². The number of benzene rings is 3. The van der Waals surface area contributed by atoms with Crippen LogP contribution in [0, 0.1) is 26.6 Å². The number of carbonyl (C=O) groups excluding carboxylic acids is 2. The Morgan fingerprint density at radius 1 is 0.839 bits per heavy atom. The smallest absolute Gasteiger partial charge is 0.282 e. The second-order valence-electron chi connectivity index (χ2n) is 7.56. The molecule has 3 aromatic carbocycles. The molecular formula is C25H20ClFN2O2. The molecule has 156 valence electrons. The van der Waals surface area contributed by atoms with Crippen molar-refractivity contribution in [3.05, 3.63) is 99.5 Å². The van der Waals surface area contributed by atoms with Gasteiger partial charge in [-0.15, -0.1) is 0 Å². The van der Waals surface area contributed by atoms with Gasteiger partial charge in [0.05, 0.1) is 11.3 Å². The van der Waals surface area contributed by atoms with Gasteiger partial charge in [0.2, 0.25) is 0 Å². The fraction of sp³-hybridized carbons (Fsp3) is 0.120. The Balaban J connectivity index is 1.85. The normalized spacial score (nSPS) is 13.9. The van der Waals surface area contributed by atoms with E-state index in [1.807, 2.05) is 39.0 Å². The van der Waals surface area contributed by atoms with Crippen LogP contribution in [0.4, 0.5) is 15.8 Å². The lowest BCUT2D eigenvalue weighted by molar-refractivity contribution is -0.120. The summed E-state index contributed by atoms with van der Waals surface area (Å²) in [6.45, 7) is 5.76. The molecule has 4 rings (SSSR count). The molecule has 0 saturated carbocycles. The van der Waals surface area contributed by atoms with Crippen LogP contribution >= 0.6 is 11.6 Å². The van der Waals surface area contributed by atoms with Gasteiger partial charge in [-0.05, 0) is 73.4 Å². The lowest BCUT2D eigenvalue weighted by atomic mass is 9.99. The molecule has 1 aliphatic rings. The molecule has 0 unspecified atom stereocenters. The van der Waals surface area contributed by atoms with E-state index in [0.29, 0.717) is 22.0 Å². The average Bonchev–Trinajstić information content (AvgIpc) is 2.96. The summed E-state index contributed by atoms with van der Waals surface area (Å²) in [4.78, 5) is 27.9. The van der Waals surface area contributed by atoms with E-state index in [-0.39, 0.29) is 11.3 Å². The van der Waals surface area contributed by atoms with Crippen LogP contribution in [0.1, 0.15) is 22.3 Å². The Morgan fingerprint density at radius 2 is 1.58 bits per heavy atom. The number of hydrogen-bond donors (Lipinski definition) is 1. The molecule has 1 aliphatic heterocycles. The van der Waals surface area contributed by atoms with Crippen LogP contribution in [0.3, 0.4) is 0 Å². The van der Waals surface area contributed by atoms with E-state index in [9.17, 15) is 14.0 Å². The Morgan fingerprint density at radius 3 is 2.26 bits per heavy atom. The van der Waals surface area contributed by atoms with Gasteiger partial charge in [-0.25, -0.2) is 9.29 Å². The quantitative estimate of drug-likeness (QED) is 0.528. The third-order valence-electron chi connectivity index (χ3n) is 5.39. The van der Waals surface area contributed by atoms with Gasteiger partial charge in [0.15, 0.2) is 0 Å². The summed E-state index contributed by atoms with van der Waals surface area (Å²) in [5.74, 6) is -1.44. The Labute approximate surface area is 185 Å². The first-order chi connectivity index (χ1) is 14.8. The first kappa shape index (κ1) is 20.8. The zero-order chi connectivity index (χ0) is 22.3. The van der Waals surface area contributed by atoms with E-state index < -0.39 is 17.6 Å². The first-order valence-corrected chi connectivity index (χ1v) is 10.1. The van der Waals surface area contributed by atoms with Crippen LogP contribution in [0.5, 0.6) is 0 Å². The van der Waals surface area contributed by atoms with Crippen molar-refractivity contribution in [2.75, 3.05) is 10.2 Å². The third-order valence-corrected chi connectivity index (χ3v) is 5.79. The number of nitrogens with zero attached hydrogens (tertiary/aromatic N) is 1. The second-order valence-corrected chi connectivity index (χ2v) is 7.97. The van der Waals surface area contributed by atoms with Crippen molar-refractivity contribution in [3.8, 4) is 0 Å². The molecule has 31 heavy (non-hydrogen) atoms. The van der Waals surface area contributed by atoms with Gasteiger partial charge in [0.25, 0.3) is 11.8 Å². The minimum absolute atomic E-state index is 0.0931. The number of carbonyl (C=O) groups is 2. The monoisotopic (exact) mass is 434 g/mol. The fourth-order valence-electron chi connectivity index (χ4n) is 3.48. The van der Waals surface area contributed by atoms with Gasteiger partial charge in [-0.2, -0.15) is 0 Å². The zero-order valence-electron chi connectivity index (χ0n) is 17.3.